The lowest BCUT2D eigenvalue weighted by Crippen LogP contribution is -2.35. The molecule has 2 N–H and O–H groups in total. The fourth-order valence-electron chi connectivity index (χ4n) is 3.56. The summed E-state index contributed by atoms with van der Waals surface area (Å²) >= 11 is 0. The monoisotopic (exact) mass is 351 g/mol. The molecule has 1 saturated heterocycles. The van der Waals surface area contributed by atoms with Crippen LogP contribution in [0.15, 0.2) is 49.1 Å². The van der Waals surface area contributed by atoms with Crippen molar-refractivity contribution >= 4 is 0 Å². The largest absolute Gasteiger partial charge is 0.329 e. The lowest BCUT2D eigenvalue weighted by Gasteiger charge is -2.31. The maximum atomic E-state index is 5.63. The first-order valence-electron chi connectivity index (χ1n) is 9.18. The van der Waals surface area contributed by atoms with Gasteiger partial charge in [-0.2, -0.15) is 0 Å². The Balaban J connectivity index is 1.34. The number of rotatable bonds is 6. The van der Waals surface area contributed by atoms with E-state index in [0.717, 1.165) is 44.7 Å². The third kappa shape index (κ3) is 3.84. The summed E-state index contributed by atoms with van der Waals surface area (Å²) in [6, 6.07) is 10.9. The molecule has 1 aliphatic rings. The first-order chi connectivity index (χ1) is 12.8. The standard InChI is InChI=1S/C19H25N7/c20-10-17-13-26(23-22-17)18-6-8-24(9-7-18)14-19-11-21-15-25(19)12-16-4-2-1-3-5-16/h1-5,11,13,15,18H,6-10,12,14,20H2. The zero-order valence-electron chi connectivity index (χ0n) is 14.9. The van der Waals surface area contributed by atoms with Crippen LogP contribution in [-0.4, -0.2) is 42.5 Å². The van der Waals surface area contributed by atoms with E-state index < -0.39 is 0 Å². The van der Waals surface area contributed by atoms with Gasteiger partial charge < -0.3 is 10.3 Å². The Morgan fingerprint density at radius 3 is 2.62 bits per heavy atom. The molecule has 2 aromatic heterocycles. The van der Waals surface area contributed by atoms with Crippen molar-refractivity contribution in [2.75, 3.05) is 13.1 Å². The van der Waals surface area contributed by atoms with Crippen LogP contribution >= 0.6 is 0 Å². The van der Waals surface area contributed by atoms with Gasteiger partial charge in [0.2, 0.25) is 0 Å². The number of imidazole rings is 1. The molecule has 0 amide bonds. The van der Waals surface area contributed by atoms with Crippen molar-refractivity contribution < 1.29 is 0 Å². The molecule has 3 heterocycles. The minimum atomic E-state index is 0.424. The summed E-state index contributed by atoms with van der Waals surface area (Å²) in [5, 5.41) is 8.33. The van der Waals surface area contributed by atoms with E-state index in [1.54, 1.807) is 0 Å². The Bertz CT molecular complexity index is 815. The van der Waals surface area contributed by atoms with Crippen LogP contribution < -0.4 is 5.73 Å². The summed E-state index contributed by atoms with van der Waals surface area (Å²) in [4.78, 5) is 6.86. The van der Waals surface area contributed by atoms with Gasteiger partial charge in [0, 0.05) is 38.9 Å². The normalized spacial score (nSPS) is 16.2. The Hall–Kier alpha value is -2.51. The van der Waals surface area contributed by atoms with Crippen molar-refractivity contribution in [1.82, 2.24) is 29.4 Å². The van der Waals surface area contributed by atoms with Crippen LogP contribution in [0.2, 0.25) is 0 Å². The van der Waals surface area contributed by atoms with Crippen molar-refractivity contribution in [3.8, 4) is 0 Å². The third-order valence-electron chi connectivity index (χ3n) is 5.08. The molecule has 7 nitrogen and oxygen atoms in total. The van der Waals surface area contributed by atoms with Crippen LogP contribution in [0.25, 0.3) is 0 Å². The van der Waals surface area contributed by atoms with Gasteiger partial charge in [-0.05, 0) is 18.4 Å². The number of piperidine rings is 1. The van der Waals surface area contributed by atoms with Crippen LogP contribution in [0, 0.1) is 0 Å². The van der Waals surface area contributed by atoms with E-state index in [2.05, 4.69) is 49.0 Å². The first-order valence-corrected chi connectivity index (χ1v) is 9.18. The lowest BCUT2D eigenvalue weighted by molar-refractivity contribution is 0.169. The van der Waals surface area contributed by atoms with Crippen molar-refractivity contribution in [2.24, 2.45) is 5.73 Å². The lowest BCUT2D eigenvalue weighted by atomic mass is 10.1. The quantitative estimate of drug-likeness (QED) is 0.733. The molecule has 136 valence electrons. The Labute approximate surface area is 153 Å². The third-order valence-corrected chi connectivity index (χ3v) is 5.08. The summed E-state index contributed by atoms with van der Waals surface area (Å²) in [6.07, 6.45) is 8.06. The molecule has 4 rings (SSSR count). The smallest absolute Gasteiger partial charge is 0.0962 e. The Morgan fingerprint density at radius 1 is 1.08 bits per heavy atom. The molecular weight excluding hydrogens is 326 g/mol. The zero-order chi connectivity index (χ0) is 17.8. The second kappa shape index (κ2) is 7.80. The van der Waals surface area contributed by atoms with Crippen molar-refractivity contribution in [3.63, 3.8) is 0 Å². The van der Waals surface area contributed by atoms with Gasteiger partial charge in [-0.1, -0.05) is 35.5 Å². The molecule has 26 heavy (non-hydrogen) atoms. The molecule has 1 aliphatic heterocycles. The highest BCUT2D eigenvalue weighted by atomic mass is 15.4. The Morgan fingerprint density at radius 2 is 1.88 bits per heavy atom. The first kappa shape index (κ1) is 16.9. The fourth-order valence-corrected chi connectivity index (χ4v) is 3.56. The van der Waals surface area contributed by atoms with Gasteiger partial charge >= 0.3 is 0 Å². The molecule has 0 spiro atoms. The van der Waals surface area contributed by atoms with E-state index in [1.807, 2.05) is 29.5 Å². The topological polar surface area (TPSA) is 77.8 Å². The van der Waals surface area contributed by atoms with Crippen LogP contribution in [0.1, 0.15) is 35.8 Å². The number of nitrogens with zero attached hydrogens (tertiary/aromatic N) is 6. The summed E-state index contributed by atoms with van der Waals surface area (Å²) in [5.74, 6) is 0. The highest BCUT2D eigenvalue weighted by Crippen LogP contribution is 2.23. The highest BCUT2D eigenvalue weighted by molar-refractivity contribution is 5.16. The van der Waals surface area contributed by atoms with E-state index in [0.29, 0.717) is 12.6 Å². The van der Waals surface area contributed by atoms with E-state index >= 15 is 0 Å². The van der Waals surface area contributed by atoms with E-state index in [4.69, 9.17) is 5.73 Å². The van der Waals surface area contributed by atoms with Gasteiger partial charge in [-0.3, -0.25) is 4.90 Å². The maximum Gasteiger partial charge on any atom is 0.0962 e. The van der Waals surface area contributed by atoms with Crippen LogP contribution in [0.5, 0.6) is 0 Å². The molecule has 0 atom stereocenters. The van der Waals surface area contributed by atoms with Crippen molar-refractivity contribution in [1.29, 1.82) is 0 Å². The molecule has 0 radical (unpaired) electrons. The maximum absolute atomic E-state index is 5.63. The van der Waals surface area contributed by atoms with Crippen molar-refractivity contribution in [3.05, 3.63) is 66.0 Å². The van der Waals surface area contributed by atoms with Gasteiger partial charge in [-0.25, -0.2) is 9.67 Å². The van der Waals surface area contributed by atoms with E-state index in [9.17, 15) is 0 Å². The second-order valence-electron chi connectivity index (χ2n) is 6.90. The van der Waals surface area contributed by atoms with E-state index in [-0.39, 0.29) is 0 Å². The molecular formula is C19H25N7. The number of benzene rings is 1. The summed E-state index contributed by atoms with van der Waals surface area (Å²) < 4.78 is 4.23. The average Bonchev–Trinajstić information content (AvgIpc) is 3.33. The molecule has 0 saturated carbocycles. The van der Waals surface area contributed by atoms with Crippen LogP contribution in [0.3, 0.4) is 0 Å². The van der Waals surface area contributed by atoms with E-state index in [1.165, 1.54) is 11.3 Å². The number of hydrogen-bond acceptors (Lipinski definition) is 5. The summed E-state index contributed by atoms with van der Waals surface area (Å²) in [5.41, 5.74) is 9.05. The minimum absolute atomic E-state index is 0.424. The average molecular weight is 351 g/mol. The van der Waals surface area contributed by atoms with Gasteiger partial charge in [0.05, 0.1) is 30.0 Å². The molecule has 1 aromatic carbocycles. The van der Waals surface area contributed by atoms with Gasteiger partial charge in [0.15, 0.2) is 0 Å². The molecule has 0 bridgehead atoms. The number of nitrogens with two attached hydrogens (primary N) is 1. The van der Waals surface area contributed by atoms with Crippen molar-refractivity contribution in [2.45, 2.75) is 38.5 Å². The van der Waals surface area contributed by atoms with Gasteiger partial charge in [0.1, 0.15) is 0 Å². The molecule has 0 unspecified atom stereocenters. The van der Waals surface area contributed by atoms with Gasteiger partial charge in [-0.15, -0.1) is 5.10 Å². The highest BCUT2D eigenvalue weighted by Gasteiger charge is 2.22. The SMILES string of the molecule is NCc1cn(C2CCN(Cc3cncn3Cc3ccccc3)CC2)nn1. The predicted molar refractivity (Wildman–Crippen MR) is 99.2 cm³/mol. The molecule has 1 fully saturated rings. The molecule has 0 aliphatic carbocycles. The molecule has 3 aromatic rings. The summed E-state index contributed by atoms with van der Waals surface area (Å²) in [7, 11) is 0. The zero-order valence-corrected chi connectivity index (χ0v) is 14.9. The van der Waals surface area contributed by atoms with Crippen LogP contribution in [-0.2, 0) is 19.6 Å². The fraction of sp³-hybridized carbons (Fsp3) is 0.421. The minimum Gasteiger partial charge on any atom is -0.329 e. The number of hydrogen-bond donors (Lipinski definition) is 1. The predicted octanol–water partition coefficient (Wildman–Crippen LogP) is 1.82. The molecule has 7 heteroatoms. The van der Waals surface area contributed by atoms with Crippen LogP contribution in [0.4, 0.5) is 0 Å². The Kier molecular flexibility index (Phi) is 5.08. The number of likely N-dealkylation sites (tertiary alicyclic amines) is 1. The van der Waals surface area contributed by atoms with Gasteiger partial charge in [0.25, 0.3) is 0 Å². The number of aromatic nitrogens is 5. The second-order valence-corrected chi connectivity index (χ2v) is 6.90. The summed E-state index contributed by atoms with van der Waals surface area (Å²) in [6.45, 7) is 4.36.